The molecule has 2 aromatic rings. The second-order valence-electron chi connectivity index (χ2n) is 5.61. The van der Waals surface area contributed by atoms with Crippen molar-refractivity contribution in [3.8, 4) is 0 Å². The largest absolute Gasteiger partial charge is 0.368 e. The van der Waals surface area contributed by atoms with Gasteiger partial charge >= 0.3 is 0 Å². The molecule has 2 amide bonds. The van der Waals surface area contributed by atoms with Crippen LogP contribution < -0.4 is 5.73 Å². The lowest BCUT2D eigenvalue weighted by atomic mass is 10.1. The molecule has 0 saturated carbocycles. The first-order valence-corrected chi connectivity index (χ1v) is 7.79. The molecule has 7 heteroatoms. The number of hydrogen-bond donors (Lipinski definition) is 2. The Morgan fingerprint density at radius 3 is 2.78 bits per heavy atom. The summed E-state index contributed by atoms with van der Waals surface area (Å²) < 4.78 is 0. The highest BCUT2D eigenvalue weighted by Gasteiger charge is 2.38. The summed E-state index contributed by atoms with van der Waals surface area (Å²) in [6, 6.07) is 6.85. The number of halogens is 1. The summed E-state index contributed by atoms with van der Waals surface area (Å²) in [6.45, 7) is 0.350. The predicted octanol–water partition coefficient (Wildman–Crippen LogP) is 1.95. The molecule has 0 aliphatic carbocycles. The fourth-order valence-electron chi connectivity index (χ4n) is 2.89. The van der Waals surface area contributed by atoms with Crippen LogP contribution in [0.2, 0.25) is 5.02 Å². The smallest absolute Gasteiger partial charge is 0.245 e. The molecular weight excluding hydrogens is 316 g/mol. The minimum atomic E-state index is -0.716. The summed E-state index contributed by atoms with van der Waals surface area (Å²) in [5.41, 5.74) is 8.05. The Hall–Kier alpha value is -2.34. The molecule has 1 aliphatic rings. The van der Waals surface area contributed by atoms with Crippen LogP contribution in [0.3, 0.4) is 0 Å². The van der Waals surface area contributed by atoms with Crippen molar-refractivity contribution >= 4 is 23.4 Å². The van der Waals surface area contributed by atoms with Gasteiger partial charge in [-0.25, -0.2) is 0 Å². The molecule has 1 aliphatic heterocycles. The monoisotopic (exact) mass is 332 g/mol. The van der Waals surface area contributed by atoms with Crippen molar-refractivity contribution in [2.75, 3.05) is 0 Å². The van der Waals surface area contributed by atoms with Gasteiger partial charge in [-0.15, -0.1) is 0 Å². The topological polar surface area (TPSA) is 92.1 Å². The second-order valence-corrected chi connectivity index (χ2v) is 6.05. The van der Waals surface area contributed by atoms with Crippen LogP contribution in [0.1, 0.15) is 35.7 Å². The number of aromatic nitrogens is 2. The number of primary amides is 1. The molecule has 0 fully saturated rings. The highest BCUT2D eigenvalue weighted by atomic mass is 35.5. The van der Waals surface area contributed by atoms with Gasteiger partial charge in [-0.2, -0.15) is 5.10 Å². The lowest BCUT2D eigenvalue weighted by Crippen LogP contribution is -2.37. The van der Waals surface area contributed by atoms with Gasteiger partial charge in [0.15, 0.2) is 0 Å². The maximum absolute atomic E-state index is 12.4. The Morgan fingerprint density at radius 2 is 2.09 bits per heavy atom. The molecule has 1 aromatic carbocycles. The molecule has 2 heterocycles. The van der Waals surface area contributed by atoms with E-state index in [0.29, 0.717) is 30.0 Å². The van der Waals surface area contributed by atoms with E-state index in [9.17, 15) is 9.59 Å². The van der Waals surface area contributed by atoms with Crippen LogP contribution in [0, 0.1) is 0 Å². The van der Waals surface area contributed by atoms with Crippen molar-refractivity contribution < 1.29 is 9.59 Å². The number of fused-ring (bicyclic) bond motifs is 1. The summed E-state index contributed by atoms with van der Waals surface area (Å²) in [6.07, 6.45) is 3.41. The van der Waals surface area contributed by atoms with E-state index in [-0.39, 0.29) is 5.91 Å². The van der Waals surface area contributed by atoms with Gasteiger partial charge in [-0.05, 0) is 30.5 Å². The molecule has 0 saturated heterocycles. The van der Waals surface area contributed by atoms with Crippen molar-refractivity contribution in [2.24, 2.45) is 5.73 Å². The van der Waals surface area contributed by atoms with E-state index in [1.165, 1.54) is 4.90 Å². The molecule has 1 atom stereocenters. The number of nitrogens with two attached hydrogens (primary N) is 1. The van der Waals surface area contributed by atoms with Crippen molar-refractivity contribution in [3.05, 3.63) is 52.3 Å². The van der Waals surface area contributed by atoms with E-state index < -0.39 is 11.9 Å². The first kappa shape index (κ1) is 15.6. The molecule has 120 valence electrons. The Kier molecular flexibility index (Phi) is 4.34. The third-order valence-corrected chi connectivity index (χ3v) is 4.30. The number of H-pyrrole nitrogens is 1. The SMILES string of the molecule is NC(=O)C1c2cn[nH]c2CN1C(=O)CCCc1ccc(Cl)cc1. The van der Waals surface area contributed by atoms with Crippen LogP contribution in [0.25, 0.3) is 0 Å². The van der Waals surface area contributed by atoms with E-state index in [0.717, 1.165) is 17.7 Å². The number of aryl methyl sites for hydroxylation is 1. The highest BCUT2D eigenvalue weighted by Crippen LogP contribution is 2.32. The summed E-state index contributed by atoms with van der Waals surface area (Å²) in [5, 5.41) is 7.40. The van der Waals surface area contributed by atoms with E-state index in [1.807, 2.05) is 24.3 Å². The van der Waals surface area contributed by atoms with Gasteiger partial charge < -0.3 is 10.6 Å². The zero-order valence-electron chi connectivity index (χ0n) is 12.5. The summed E-state index contributed by atoms with van der Waals surface area (Å²) in [4.78, 5) is 25.6. The minimum Gasteiger partial charge on any atom is -0.368 e. The highest BCUT2D eigenvalue weighted by molar-refractivity contribution is 6.30. The minimum absolute atomic E-state index is 0.0765. The van der Waals surface area contributed by atoms with Gasteiger partial charge in [0.2, 0.25) is 11.8 Å². The second kappa shape index (κ2) is 6.42. The van der Waals surface area contributed by atoms with Crippen LogP contribution >= 0.6 is 11.6 Å². The average Bonchev–Trinajstić information content (AvgIpc) is 3.09. The lowest BCUT2D eigenvalue weighted by molar-refractivity contribution is -0.139. The number of carbonyl (C=O) groups is 2. The van der Waals surface area contributed by atoms with Gasteiger partial charge in [0.25, 0.3) is 0 Å². The van der Waals surface area contributed by atoms with Crippen molar-refractivity contribution in [2.45, 2.75) is 31.8 Å². The van der Waals surface area contributed by atoms with E-state index in [4.69, 9.17) is 17.3 Å². The van der Waals surface area contributed by atoms with Gasteiger partial charge in [-0.3, -0.25) is 14.7 Å². The van der Waals surface area contributed by atoms with Gasteiger partial charge in [0.1, 0.15) is 6.04 Å². The Bertz CT molecular complexity index is 726. The van der Waals surface area contributed by atoms with Crippen LogP contribution in [0.15, 0.2) is 30.5 Å². The average molecular weight is 333 g/mol. The quantitative estimate of drug-likeness (QED) is 0.876. The molecule has 1 unspecified atom stereocenters. The number of nitrogens with one attached hydrogen (secondary N) is 1. The first-order chi connectivity index (χ1) is 11.1. The molecule has 0 radical (unpaired) electrons. The summed E-state index contributed by atoms with van der Waals surface area (Å²) in [5.74, 6) is -0.608. The molecule has 1 aromatic heterocycles. The first-order valence-electron chi connectivity index (χ1n) is 7.41. The van der Waals surface area contributed by atoms with Crippen molar-refractivity contribution in [1.82, 2.24) is 15.1 Å². The number of hydrogen-bond acceptors (Lipinski definition) is 3. The Labute approximate surface area is 138 Å². The van der Waals surface area contributed by atoms with Crippen LogP contribution in [0.5, 0.6) is 0 Å². The number of rotatable bonds is 5. The maximum atomic E-state index is 12.4. The third kappa shape index (κ3) is 3.22. The Morgan fingerprint density at radius 1 is 1.35 bits per heavy atom. The zero-order valence-corrected chi connectivity index (χ0v) is 13.2. The number of nitrogens with zero attached hydrogens (tertiary/aromatic N) is 2. The predicted molar refractivity (Wildman–Crippen MR) is 85.5 cm³/mol. The summed E-state index contributed by atoms with van der Waals surface area (Å²) >= 11 is 5.85. The zero-order chi connectivity index (χ0) is 16.4. The maximum Gasteiger partial charge on any atom is 0.245 e. The lowest BCUT2D eigenvalue weighted by Gasteiger charge is -2.22. The normalized spacial score (nSPS) is 16.4. The fourth-order valence-corrected chi connectivity index (χ4v) is 3.02. The van der Waals surface area contributed by atoms with Crippen molar-refractivity contribution in [3.63, 3.8) is 0 Å². The van der Waals surface area contributed by atoms with Crippen LogP contribution in [0.4, 0.5) is 0 Å². The summed E-state index contributed by atoms with van der Waals surface area (Å²) in [7, 11) is 0. The number of aromatic amines is 1. The van der Waals surface area contributed by atoms with Crippen molar-refractivity contribution in [1.29, 1.82) is 0 Å². The molecule has 3 rings (SSSR count). The van der Waals surface area contributed by atoms with Crippen LogP contribution in [-0.4, -0.2) is 26.9 Å². The van der Waals surface area contributed by atoms with E-state index in [2.05, 4.69) is 10.2 Å². The van der Waals surface area contributed by atoms with Crippen LogP contribution in [-0.2, 0) is 22.6 Å². The molecule has 3 N–H and O–H groups in total. The Balaban J connectivity index is 1.59. The fraction of sp³-hybridized carbons (Fsp3) is 0.312. The number of benzene rings is 1. The molecule has 6 nitrogen and oxygen atoms in total. The number of carbonyl (C=O) groups excluding carboxylic acids is 2. The standard InChI is InChI=1S/C16H17ClN4O2/c17-11-6-4-10(5-7-11)2-1-3-14(22)21-9-13-12(8-19-20-13)15(21)16(18)23/h4-8,15H,1-3,9H2,(H2,18,23)(H,19,20). The van der Waals surface area contributed by atoms with E-state index >= 15 is 0 Å². The molecule has 0 spiro atoms. The third-order valence-electron chi connectivity index (χ3n) is 4.05. The van der Waals surface area contributed by atoms with Gasteiger partial charge in [0.05, 0.1) is 18.4 Å². The molecular formula is C16H17ClN4O2. The molecule has 0 bridgehead atoms. The number of amides is 2. The molecule has 23 heavy (non-hydrogen) atoms. The van der Waals surface area contributed by atoms with E-state index in [1.54, 1.807) is 6.20 Å². The van der Waals surface area contributed by atoms with Gasteiger partial charge in [-0.1, -0.05) is 23.7 Å². The van der Waals surface area contributed by atoms with Gasteiger partial charge in [0, 0.05) is 17.0 Å².